The van der Waals surface area contributed by atoms with Crippen LogP contribution in [0, 0.1) is 0 Å². The fourth-order valence-electron chi connectivity index (χ4n) is 2.26. The molecule has 0 radical (unpaired) electrons. The number of hydrogen-bond acceptors (Lipinski definition) is 9. The zero-order valence-corrected chi connectivity index (χ0v) is 15.2. The van der Waals surface area contributed by atoms with Gasteiger partial charge in [-0.2, -0.15) is 15.0 Å². The second-order valence-electron chi connectivity index (χ2n) is 6.01. The highest BCUT2D eigenvalue weighted by Crippen LogP contribution is 2.17. The van der Waals surface area contributed by atoms with Crippen molar-refractivity contribution in [3.05, 3.63) is 5.82 Å². The molecule has 1 aliphatic rings. The summed E-state index contributed by atoms with van der Waals surface area (Å²) in [6, 6.07) is 0. The molecule has 1 aromatic heterocycles. The summed E-state index contributed by atoms with van der Waals surface area (Å²) in [5.74, 6) is 2.32. The Morgan fingerprint density at radius 2 is 1.80 bits per heavy atom. The Bertz CT molecular complexity index is 497. The number of morpholine rings is 1. The molecule has 0 saturated carbocycles. The first-order valence-corrected chi connectivity index (χ1v) is 8.88. The lowest BCUT2D eigenvalue weighted by atomic mass is 10.2. The van der Waals surface area contributed by atoms with Gasteiger partial charge in [0.15, 0.2) is 0 Å². The Balaban J connectivity index is 1.83. The van der Waals surface area contributed by atoms with Crippen molar-refractivity contribution in [1.82, 2.24) is 15.0 Å². The first-order chi connectivity index (χ1) is 12.2. The number of rotatable bonds is 11. The normalized spacial score (nSPS) is 15.0. The third-order valence-corrected chi connectivity index (χ3v) is 3.61. The Kier molecular flexibility index (Phi) is 8.81. The molecule has 2 heterocycles. The van der Waals surface area contributed by atoms with Crippen LogP contribution in [0.1, 0.15) is 25.6 Å². The number of ether oxygens (including phenoxy) is 3. The SMILES string of the molecule is CC(C)c1nc(NCCOCCOCCN)nc(N2CCOCC2)n1. The molecule has 0 spiro atoms. The van der Waals surface area contributed by atoms with Crippen molar-refractivity contribution in [2.24, 2.45) is 5.73 Å². The average molecular weight is 354 g/mol. The zero-order chi connectivity index (χ0) is 17.9. The summed E-state index contributed by atoms with van der Waals surface area (Å²) in [5, 5.41) is 3.22. The minimum Gasteiger partial charge on any atom is -0.378 e. The summed E-state index contributed by atoms with van der Waals surface area (Å²) in [4.78, 5) is 15.8. The van der Waals surface area contributed by atoms with Crippen molar-refractivity contribution in [2.75, 3.05) is 76.0 Å². The molecule has 1 saturated heterocycles. The topological polar surface area (TPSA) is 108 Å². The highest BCUT2D eigenvalue weighted by Gasteiger charge is 2.17. The maximum Gasteiger partial charge on any atom is 0.230 e. The Morgan fingerprint density at radius 1 is 1.08 bits per heavy atom. The van der Waals surface area contributed by atoms with E-state index in [2.05, 4.69) is 39.0 Å². The van der Waals surface area contributed by atoms with Crippen molar-refractivity contribution in [2.45, 2.75) is 19.8 Å². The van der Waals surface area contributed by atoms with Gasteiger partial charge in [-0.3, -0.25) is 0 Å². The molecule has 9 nitrogen and oxygen atoms in total. The van der Waals surface area contributed by atoms with E-state index in [0.717, 1.165) is 18.9 Å². The number of aromatic nitrogens is 3. The summed E-state index contributed by atoms with van der Waals surface area (Å²) in [5.41, 5.74) is 5.35. The van der Waals surface area contributed by atoms with Gasteiger partial charge in [-0.1, -0.05) is 13.8 Å². The fourth-order valence-corrected chi connectivity index (χ4v) is 2.26. The predicted molar refractivity (Wildman–Crippen MR) is 96.1 cm³/mol. The van der Waals surface area contributed by atoms with Crippen LogP contribution in [0.2, 0.25) is 0 Å². The van der Waals surface area contributed by atoms with Gasteiger partial charge < -0.3 is 30.2 Å². The van der Waals surface area contributed by atoms with E-state index in [-0.39, 0.29) is 5.92 Å². The number of nitrogens with one attached hydrogen (secondary N) is 1. The lowest BCUT2D eigenvalue weighted by Crippen LogP contribution is -2.37. The van der Waals surface area contributed by atoms with Crippen LogP contribution in [0.15, 0.2) is 0 Å². The molecule has 0 amide bonds. The first kappa shape index (κ1) is 19.8. The van der Waals surface area contributed by atoms with Crippen molar-refractivity contribution in [3.63, 3.8) is 0 Å². The average Bonchev–Trinajstić information content (AvgIpc) is 2.64. The summed E-state index contributed by atoms with van der Waals surface area (Å²) in [6.45, 7) is 10.5. The highest BCUT2D eigenvalue weighted by molar-refractivity contribution is 5.38. The van der Waals surface area contributed by atoms with Crippen LogP contribution in [0.25, 0.3) is 0 Å². The smallest absolute Gasteiger partial charge is 0.230 e. The zero-order valence-electron chi connectivity index (χ0n) is 15.2. The molecule has 0 atom stereocenters. The van der Waals surface area contributed by atoms with E-state index in [1.165, 1.54) is 0 Å². The van der Waals surface area contributed by atoms with E-state index in [9.17, 15) is 0 Å². The summed E-state index contributed by atoms with van der Waals surface area (Å²) in [6.07, 6.45) is 0. The lowest BCUT2D eigenvalue weighted by molar-refractivity contribution is 0.0547. The number of nitrogens with two attached hydrogens (primary N) is 1. The van der Waals surface area contributed by atoms with Crippen LogP contribution in [-0.2, 0) is 14.2 Å². The molecule has 3 N–H and O–H groups in total. The van der Waals surface area contributed by atoms with Gasteiger partial charge in [0.2, 0.25) is 11.9 Å². The van der Waals surface area contributed by atoms with E-state index in [1.807, 2.05) is 0 Å². The van der Waals surface area contributed by atoms with Gasteiger partial charge in [0.25, 0.3) is 0 Å². The predicted octanol–water partition coefficient (Wildman–Crippen LogP) is 0.235. The van der Waals surface area contributed by atoms with E-state index < -0.39 is 0 Å². The van der Waals surface area contributed by atoms with Gasteiger partial charge in [-0.05, 0) is 0 Å². The van der Waals surface area contributed by atoms with Crippen LogP contribution in [0.4, 0.5) is 11.9 Å². The minimum absolute atomic E-state index is 0.235. The quantitative estimate of drug-likeness (QED) is 0.540. The number of nitrogens with zero attached hydrogens (tertiary/aromatic N) is 4. The second kappa shape index (κ2) is 11.1. The third-order valence-electron chi connectivity index (χ3n) is 3.61. The lowest BCUT2D eigenvalue weighted by Gasteiger charge is -2.27. The van der Waals surface area contributed by atoms with Crippen molar-refractivity contribution in [3.8, 4) is 0 Å². The van der Waals surface area contributed by atoms with E-state index in [4.69, 9.17) is 19.9 Å². The molecule has 0 aliphatic carbocycles. The van der Waals surface area contributed by atoms with Gasteiger partial charge in [-0.15, -0.1) is 0 Å². The molecule has 0 aromatic carbocycles. The Hall–Kier alpha value is -1.55. The fraction of sp³-hybridized carbons (Fsp3) is 0.812. The standard InChI is InChI=1S/C16H30N6O3/c1-13(2)14-19-15(18-4-8-24-12-11-23-7-3-17)21-16(20-14)22-5-9-25-10-6-22/h13H,3-12,17H2,1-2H3,(H,18,19,20,21). The molecule has 0 unspecified atom stereocenters. The van der Waals surface area contributed by atoms with E-state index in [0.29, 0.717) is 64.6 Å². The molecular formula is C16H30N6O3. The van der Waals surface area contributed by atoms with Gasteiger partial charge in [-0.25, -0.2) is 0 Å². The van der Waals surface area contributed by atoms with Crippen molar-refractivity contribution >= 4 is 11.9 Å². The maximum atomic E-state index is 5.50. The summed E-state index contributed by atoms with van der Waals surface area (Å²) >= 11 is 0. The molecule has 0 bridgehead atoms. The maximum absolute atomic E-state index is 5.50. The molecule has 25 heavy (non-hydrogen) atoms. The largest absolute Gasteiger partial charge is 0.378 e. The van der Waals surface area contributed by atoms with Crippen molar-refractivity contribution < 1.29 is 14.2 Å². The van der Waals surface area contributed by atoms with Gasteiger partial charge >= 0.3 is 0 Å². The molecule has 1 aliphatic heterocycles. The van der Waals surface area contributed by atoms with Crippen LogP contribution < -0.4 is 16.0 Å². The molecule has 1 aromatic rings. The van der Waals surface area contributed by atoms with Crippen LogP contribution >= 0.6 is 0 Å². The van der Waals surface area contributed by atoms with Gasteiger partial charge in [0, 0.05) is 32.1 Å². The Morgan fingerprint density at radius 3 is 2.48 bits per heavy atom. The molecule has 142 valence electrons. The van der Waals surface area contributed by atoms with Crippen LogP contribution in [0.3, 0.4) is 0 Å². The first-order valence-electron chi connectivity index (χ1n) is 8.88. The third kappa shape index (κ3) is 7.07. The van der Waals surface area contributed by atoms with Crippen LogP contribution in [-0.4, -0.2) is 80.8 Å². The van der Waals surface area contributed by atoms with Crippen molar-refractivity contribution in [1.29, 1.82) is 0 Å². The molecule has 2 rings (SSSR count). The van der Waals surface area contributed by atoms with E-state index >= 15 is 0 Å². The Labute approximate surface area is 149 Å². The summed E-state index contributed by atoms with van der Waals surface area (Å²) in [7, 11) is 0. The van der Waals surface area contributed by atoms with Gasteiger partial charge in [0.05, 0.1) is 39.6 Å². The monoisotopic (exact) mass is 354 g/mol. The van der Waals surface area contributed by atoms with Crippen LogP contribution in [0.5, 0.6) is 0 Å². The summed E-state index contributed by atoms with van der Waals surface area (Å²) < 4.78 is 16.1. The van der Waals surface area contributed by atoms with Gasteiger partial charge in [0.1, 0.15) is 5.82 Å². The minimum atomic E-state index is 0.235. The molecule has 9 heteroatoms. The highest BCUT2D eigenvalue weighted by atomic mass is 16.5. The molecular weight excluding hydrogens is 324 g/mol. The number of anilines is 2. The molecule has 1 fully saturated rings. The second-order valence-corrected chi connectivity index (χ2v) is 6.01. The number of hydrogen-bond donors (Lipinski definition) is 2. The van der Waals surface area contributed by atoms with E-state index in [1.54, 1.807) is 0 Å².